The van der Waals surface area contributed by atoms with E-state index in [1.807, 2.05) is 12.1 Å². The van der Waals surface area contributed by atoms with Gasteiger partial charge in [-0.2, -0.15) is 0 Å². The van der Waals surface area contributed by atoms with E-state index < -0.39 is 30.0 Å². The van der Waals surface area contributed by atoms with Gasteiger partial charge >= 0.3 is 5.97 Å². The predicted molar refractivity (Wildman–Crippen MR) is 99.8 cm³/mol. The molecule has 5 nitrogen and oxygen atoms in total. The van der Waals surface area contributed by atoms with Gasteiger partial charge in [0.2, 0.25) is 0 Å². The van der Waals surface area contributed by atoms with Crippen LogP contribution in [0, 0.1) is 18.6 Å². The molecule has 0 fully saturated rings. The minimum absolute atomic E-state index is 0.0772. The van der Waals surface area contributed by atoms with E-state index in [4.69, 9.17) is 9.47 Å². The van der Waals surface area contributed by atoms with Gasteiger partial charge in [0.05, 0.1) is 12.8 Å². The van der Waals surface area contributed by atoms with Crippen molar-refractivity contribution in [3.05, 3.63) is 70.2 Å². The minimum atomic E-state index is -1.14. The van der Waals surface area contributed by atoms with E-state index in [0.717, 1.165) is 35.1 Å². The lowest BCUT2D eigenvalue weighted by Gasteiger charge is -2.04. The number of halogens is 2. The maximum atomic E-state index is 13.2. The number of thiazole rings is 1. The van der Waals surface area contributed by atoms with Crippen LogP contribution in [0.2, 0.25) is 0 Å². The highest BCUT2D eigenvalue weighted by molar-refractivity contribution is 7.17. The molecular weight excluding hydrogens is 388 g/mol. The Hall–Kier alpha value is -3.13. The number of carbonyl (C=O) groups excluding carboxylic acids is 2. The summed E-state index contributed by atoms with van der Waals surface area (Å²) in [5.74, 6) is -2.83. The molecule has 0 saturated heterocycles. The standard InChI is InChI=1S/C20H15F2NO4S/c1-11-18(28-19(23-11)12-3-6-14(26-2)7-4-12)20(25)27-10-17(24)13-5-8-15(21)16(22)9-13/h3-9H,10H2,1-2H3. The zero-order valence-electron chi connectivity index (χ0n) is 15.0. The van der Waals surface area contributed by atoms with Crippen molar-refractivity contribution < 1.29 is 27.8 Å². The average molecular weight is 403 g/mol. The lowest BCUT2D eigenvalue weighted by atomic mass is 10.1. The van der Waals surface area contributed by atoms with Crippen LogP contribution in [0.1, 0.15) is 25.7 Å². The molecule has 0 aliphatic carbocycles. The summed E-state index contributed by atoms with van der Waals surface area (Å²) in [4.78, 5) is 29.0. The first kappa shape index (κ1) is 19.6. The first-order chi connectivity index (χ1) is 13.4. The number of hydrogen-bond acceptors (Lipinski definition) is 6. The van der Waals surface area contributed by atoms with Crippen molar-refractivity contribution in [2.45, 2.75) is 6.92 Å². The third-order valence-corrected chi connectivity index (χ3v) is 5.08. The molecule has 0 amide bonds. The van der Waals surface area contributed by atoms with Crippen LogP contribution >= 0.6 is 11.3 Å². The third-order valence-electron chi connectivity index (χ3n) is 3.89. The number of ketones is 1. The summed E-state index contributed by atoms with van der Waals surface area (Å²) >= 11 is 1.14. The number of Topliss-reactive ketones (excluding diaryl/α,β-unsaturated/α-hetero) is 1. The molecule has 8 heteroatoms. The quantitative estimate of drug-likeness (QED) is 0.450. The smallest absolute Gasteiger partial charge is 0.350 e. The molecular formula is C20H15F2NO4S. The van der Waals surface area contributed by atoms with Gasteiger partial charge in [-0.3, -0.25) is 4.79 Å². The number of nitrogens with zero attached hydrogens (tertiary/aromatic N) is 1. The average Bonchev–Trinajstić information content (AvgIpc) is 3.09. The molecule has 3 aromatic rings. The van der Waals surface area contributed by atoms with Gasteiger partial charge in [0.25, 0.3) is 0 Å². The molecule has 2 aromatic carbocycles. The highest BCUT2D eigenvalue weighted by Crippen LogP contribution is 2.29. The van der Waals surface area contributed by atoms with E-state index in [1.54, 1.807) is 26.2 Å². The molecule has 144 valence electrons. The summed E-state index contributed by atoms with van der Waals surface area (Å²) in [7, 11) is 1.57. The van der Waals surface area contributed by atoms with E-state index in [0.29, 0.717) is 16.5 Å². The van der Waals surface area contributed by atoms with E-state index in [9.17, 15) is 18.4 Å². The van der Waals surface area contributed by atoms with Crippen LogP contribution in [0.3, 0.4) is 0 Å². The molecule has 1 aromatic heterocycles. The van der Waals surface area contributed by atoms with E-state index in [1.165, 1.54) is 0 Å². The van der Waals surface area contributed by atoms with Crippen molar-refractivity contribution in [1.82, 2.24) is 4.98 Å². The van der Waals surface area contributed by atoms with Crippen LogP contribution in [-0.2, 0) is 4.74 Å². The Morgan fingerprint density at radius 1 is 1.07 bits per heavy atom. The largest absolute Gasteiger partial charge is 0.497 e. The van der Waals surface area contributed by atoms with Gasteiger partial charge in [-0.25, -0.2) is 18.6 Å². The summed E-state index contributed by atoms with van der Waals surface area (Å²) in [6.45, 7) is 1.08. The number of hydrogen-bond donors (Lipinski definition) is 0. The van der Waals surface area contributed by atoms with Crippen LogP contribution in [-0.4, -0.2) is 30.5 Å². The molecule has 28 heavy (non-hydrogen) atoms. The second-order valence-corrected chi connectivity index (χ2v) is 6.79. The maximum absolute atomic E-state index is 13.2. The van der Waals surface area contributed by atoms with E-state index in [-0.39, 0.29) is 10.4 Å². The van der Waals surface area contributed by atoms with Crippen LogP contribution < -0.4 is 4.74 Å². The highest BCUT2D eigenvalue weighted by Gasteiger charge is 2.19. The summed E-state index contributed by atoms with van der Waals surface area (Å²) in [5.41, 5.74) is 1.21. The second kappa shape index (κ2) is 8.26. The van der Waals surface area contributed by atoms with Crippen molar-refractivity contribution >= 4 is 23.1 Å². The Balaban J connectivity index is 1.69. The fourth-order valence-electron chi connectivity index (χ4n) is 2.39. The molecule has 0 aliphatic rings. The number of aryl methyl sites for hydroxylation is 1. The van der Waals surface area contributed by atoms with Crippen LogP contribution in [0.5, 0.6) is 5.75 Å². The molecule has 0 atom stereocenters. The summed E-state index contributed by atoms with van der Waals surface area (Å²) in [6, 6.07) is 9.95. The molecule has 0 bridgehead atoms. The molecule has 3 rings (SSSR count). The number of carbonyl (C=O) groups is 2. The van der Waals surface area contributed by atoms with Crippen LogP contribution in [0.4, 0.5) is 8.78 Å². The number of aromatic nitrogens is 1. The van der Waals surface area contributed by atoms with Gasteiger partial charge in [-0.05, 0) is 49.4 Å². The van der Waals surface area contributed by atoms with Gasteiger partial charge in [-0.1, -0.05) is 0 Å². The normalized spacial score (nSPS) is 10.6. The molecule has 0 N–H and O–H groups in total. The van der Waals surface area contributed by atoms with Crippen molar-refractivity contribution in [3.8, 4) is 16.3 Å². The zero-order chi connectivity index (χ0) is 20.3. The number of rotatable bonds is 6. The Morgan fingerprint density at radius 3 is 2.43 bits per heavy atom. The summed E-state index contributed by atoms with van der Waals surface area (Å²) < 4.78 is 36.3. The van der Waals surface area contributed by atoms with Crippen molar-refractivity contribution in [2.24, 2.45) is 0 Å². The fourth-order valence-corrected chi connectivity index (χ4v) is 3.36. The SMILES string of the molecule is COc1ccc(-c2nc(C)c(C(=O)OCC(=O)c3ccc(F)c(F)c3)s2)cc1. The summed E-state index contributed by atoms with van der Waals surface area (Å²) in [6.07, 6.45) is 0. The van der Waals surface area contributed by atoms with Gasteiger partial charge in [0.1, 0.15) is 15.6 Å². The van der Waals surface area contributed by atoms with E-state index in [2.05, 4.69) is 4.98 Å². The van der Waals surface area contributed by atoms with Crippen molar-refractivity contribution in [3.63, 3.8) is 0 Å². The first-order valence-electron chi connectivity index (χ1n) is 8.16. The predicted octanol–water partition coefficient (Wildman–Crippen LogP) is 4.45. The molecule has 0 unspecified atom stereocenters. The topological polar surface area (TPSA) is 65.5 Å². The van der Waals surface area contributed by atoms with Gasteiger partial charge in [-0.15, -0.1) is 11.3 Å². The Kier molecular flexibility index (Phi) is 5.79. The molecule has 0 spiro atoms. The highest BCUT2D eigenvalue weighted by atomic mass is 32.1. The molecule has 1 heterocycles. The molecule has 0 radical (unpaired) electrons. The van der Waals surface area contributed by atoms with Crippen molar-refractivity contribution in [1.29, 1.82) is 0 Å². The Morgan fingerprint density at radius 2 is 1.79 bits per heavy atom. The number of ether oxygens (including phenoxy) is 2. The fraction of sp³-hybridized carbons (Fsp3) is 0.150. The lowest BCUT2D eigenvalue weighted by molar-refractivity contribution is 0.0478. The number of benzene rings is 2. The maximum Gasteiger partial charge on any atom is 0.350 e. The summed E-state index contributed by atoms with van der Waals surface area (Å²) in [5, 5.41) is 0.624. The van der Waals surface area contributed by atoms with E-state index >= 15 is 0 Å². The minimum Gasteiger partial charge on any atom is -0.497 e. The van der Waals surface area contributed by atoms with Gasteiger partial charge in [0.15, 0.2) is 24.0 Å². The zero-order valence-corrected chi connectivity index (χ0v) is 15.8. The molecule has 0 aliphatic heterocycles. The molecule has 0 saturated carbocycles. The Bertz CT molecular complexity index is 1030. The second-order valence-electron chi connectivity index (χ2n) is 5.79. The first-order valence-corrected chi connectivity index (χ1v) is 8.98. The van der Waals surface area contributed by atoms with Crippen LogP contribution in [0.25, 0.3) is 10.6 Å². The number of esters is 1. The lowest BCUT2D eigenvalue weighted by Crippen LogP contribution is -2.14. The number of methoxy groups -OCH3 is 1. The monoisotopic (exact) mass is 403 g/mol. The van der Waals surface area contributed by atoms with Crippen molar-refractivity contribution in [2.75, 3.05) is 13.7 Å². The third kappa shape index (κ3) is 4.23. The van der Waals surface area contributed by atoms with Crippen LogP contribution in [0.15, 0.2) is 42.5 Å². The van der Waals surface area contributed by atoms with Gasteiger partial charge in [0, 0.05) is 11.1 Å². The van der Waals surface area contributed by atoms with Gasteiger partial charge < -0.3 is 9.47 Å². The Labute approximate surface area is 163 Å².